The summed E-state index contributed by atoms with van der Waals surface area (Å²) in [4.78, 5) is 18.9. The van der Waals surface area contributed by atoms with Gasteiger partial charge in [0.2, 0.25) is 11.8 Å². The number of rotatable bonds is 2. The molecule has 0 aromatic carbocycles. The number of nitrogens with two attached hydrogens (primary N) is 2. The second-order valence-corrected chi connectivity index (χ2v) is 1.21. The molecular formula is C6H14N2O2S2. The van der Waals surface area contributed by atoms with Gasteiger partial charge in [-0.05, 0) is 12.2 Å². The van der Waals surface area contributed by atoms with Crippen LogP contribution in [0.15, 0.2) is 25.3 Å². The number of hydrogen-bond donors (Lipinski definition) is 2. The Labute approximate surface area is 85.6 Å². The summed E-state index contributed by atoms with van der Waals surface area (Å²) in [6.07, 6.45) is 2.11. The number of carbonyl (C=O) groups is 2. The lowest BCUT2D eigenvalue weighted by Crippen LogP contribution is -2.04. The zero-order chi connectivity index (χ0) is 8.57. The van der Waals surface area contributed by atoms with E-state index in [1.807, 2.05) is 0 Å². The first-order valence-electron chi connectivity index (χ1n) is 2.38. The Bertz CT molecular complexity index is 142. The van der Waals surface area contributed by atoms with Crippen molar-refractivity contribution in [3.05, 3.63) is 25.3 Å². The third-order valence-electron chi connectivity index (χ3n) is 0.402. The summed E-state index contributed by atoms with van der Waals surface area (Å²) < 4.78 is 0. The van der Waals surface area contributed by atoms with Crippen molar-refractivity contribution in [1.29, 1.82) is 0 Å². The van der Waals surface area contributed by atoms with Crippen LogP contribution in [0.25, 0.3) is 0 Å². The summed E-state index contributed by atoms with van der Waals surface area (Å²) in [7, 11) is 0. The minimum absolute atomic E-state index is 0. The van der Waals surface area contributed by atoms with Crippen molar-refractivity contribution in [1.82, 2.24) is 0 Å². The molecule has 0 aromatic rings. The molecule has 6 heteroatoms. The molecule has 0 fully saturated rings. The predicted molar refractivity (Wildman–Crippen MR) is 59.5 cm³/mol. The molecule has 0 atom stereocenters. The lowest BCUT2D eigenvalue weighted by atomic mass is 10.6. The Morgan fingerprint density at radius 3 is 1.00 bits per heavy atom. The average molecular weight is 210 g/mol. The molecule has 0 aliphatic rings. The smallest absolute Gasteiger partial charge is 0.240 e. The van der Waals surface area contributed by atoms with Gasteiger partial charge in [0.25, 0.3) is 0 Å². The van der Waals surface area contributed by atoms with Crippen molar-refractivity contribution in [3.8, 4) is 0 Å². The van der Waals surface area contributed by atoms with E-state index < -0.39 is 11.8 Å². The lowest BCUT2D eigenvalue weighted by Gasteiger charge is -1.65. The summed E-state index contributed by atoms with van der Waals surface area (Å²) in [5.41, 5.74) is 9.07. The fraction of sp³-hybridized carbons (Fsp3) is 0. The van der Waals surface area contributed by atoms with Crippen LogP contribution in [0.2, 0.25) is 0 Å². The monoisotopic (exact) mass is 210 g/mol. The summed E-state index contributed by atoms with van der Waals surface area (Å²) in [6.45, 7) is 6.17. The van der Waals surface area contributed by atoms with Gasteiger partial charge < -0.3 is 11.5 Å². The highest BCUT2D eigenvalue weighted by Crippen LogP contribution is 1.49. The van der Waals surface area contributed by atoms with Crippen LogP contribution in [0.1, 0.15) is 0 Å². The normalized spacial score (nSPS) is 5.33. The van der Waals surface area contributed by atoms with E-state index in [0.29, 0.717) is 0 Å². The first kappa shape index (κ1) is 22.5. The Hall–Kier alpha value is -0.880. The first-order chi connectivity index (χ1) is 4.54. The quantitative estimate of drug-likeness (QED) is 0.604. The molecule has 0 spiro atoms. The van der Waals surface area contributed by atoms with E-state index in [-0.39, 0.29) is 27.0 Å². The van der Waals surface area contributed by atoms with Crippen LogP contribution in [0, 0.1) is 0 Å². The molecule has 0 radical (unpaired) electrons. The van der Waals surface area contributed by atoms with Gasteiger partial charge in [-0.15, -0.1) is 0 Å². The molecule has 0 rings (SSSR count). The molecule has 0 aliphatic carbocycles. The third kappa shape index (κ3) is 61.8. The van der Waals surface area contributed by atoms with Crippen LogP contribution in [-0.4, -0.2) is 11.8 Å². The molecule has 0 unspecified atom stereocenters. The van der Waals surface area contributed by atoms with Gasteiger partial charge in [-0.3, -0.25) is 9.59 Å². The van der Waals surface area contributed by atoms with E-state index in [1.165, 1.54) is 0 Å². The molecule has 4 nitrogen and oxygen atoms in total. The fourth-order valence-electron chi connectivity index (χ4n) is 0. The van der Waals surface area contributed by atoms with E-state index in [2.05, 4.69) is 24.6 Å². The molecule has 12 heavy (non-hydrogen) atoms. The van der Waals surface area contributed by atoms with Crippen molar-refractivity contribution in [2.75, 3.05) is 0 Å². The zero-order valence-electron chi connectivity index (χ0n) is 6.54. The zero-order valence-corrected chi connectivity index (χ0v) is 8.54. The van der Waals surface area contributed by atoms with Gasteiger partial charge in [-0.2, -0.15) is 27.0 Å². The van der Waals surface area contributed by atoms with Crippen molar-refractivity contribution in [2.24, 2.45) is 11.5 Å². The Kier molecular flexibility index (Phi) is 31.1. The standard InChI is InChI=1S/2C3H5NO.2H2S/c2*1-2-3(4)5;;/h2*2H,1H2,(H2,4,5);2*1H2. The molecule has 0 heterocycles. The third-order valence-corrected chi connectivity index (χ3v) is 0.402. The Balaban J connectivity index is -0.0000000457. The molecule has 0 saturated heterocycles. The van der Waals surface area contributed by atoms with E-state index in [1.54, 1.807) is 0 Å². The molecule has 0 aromatic heterocycles. The number of carbonyl (C=O) groups excluding carboxylic acids is 2. The van der Waals surface area contributed by atoms with E-state index >= 15 is 0 Å². The lowest BCUT2D eigenvalue weighted by molar-refractivity contribution is -0.114. The van der Waals surface area contributed by atoms with Crippen LogP contribution in [0.3, 0.4) is 0 Å². The van der Waals surface area contributed by atoms with Crippen molar-refractivity contribution < 1.29 is 9.59 Å². The van der Waals surface area contributed by atoms with Gasteiger partial charge in [0.15, 0.2) is 0 Å². The van der Waals surface area contributed by atoms with E-state index in [0.717, 1.165) is 12.2 Å². The predicted octanol–water partition coefficient (Wildman–Crippen LogP) is -0.459. The molecule has 0 bridgehead atoms. The molecule has 0 saturated carbocycles. The van der Waals surface area contributed by atoms with Gasteiger partial charge in [0, 0.05) is 0 Å². The van der Waals surface area contributed by atoms with Crippen LogP contribution >= 0.6 is 27.0 Å². The average Bonchev–Trinajstić information content (AvgIpc) is 1.89. The number of amides is 2. The molecule has 72 valence electrons. The maximum Gasteiger partial charge on any atom is 0.240 e. The van der Waals surface area contributed by atoms with Crippen molar-refractivity contribution in [2.45, 2.75) is 0 Å². The summed E-state index contributed by atoms with van der Waals surface area (Å²) in [5, 5.41) is 0. The minimum Gasteiger partial charge on any atom is -0.366 e. The number of hydrogen-bond acceptors (Lipinski definition) is 2. The Morgan fingerprint density at radius 1 is 0.917 bits per heavy atom. The largest absolute Gasteiger partial charge is 0.366 e. The van der Waals surface area contributed by atoms with Gasteiger partial charge in [-0.25, -0.2) is 0 Å². The highest BCUT2D eigenvalue weighted by atomic mass is 32.1. The van der Waals surface area contributed by atoms with Crippen LogP contribution < -0.4 is 11.5 Å². The molecular weight excluding hydrogens is 196 g/mol. The van der Waals surface area contributed by atoms with Crippen molar-refractivity contribution in [3.63, 3.8) is 0 Å². The maximum atomic E-state index is 9.47. The molecule has 2 amide bonds. The second kappa shape index (κ2) is 16.6. The highest BCUT2D eigenvalue weighted by Gasteiger charge is 1.69. The first-order valence-corrected chi connectivity index (χ1v) is 2.38. The van der Waals surface area contributed by atoms with Crippen molar-refractivity contribution >= 4 is 38.8 Å². The summed E-state index contributed by atoms with van der Waals surface area (Å²) in [5.74, 6) is -0.963. The SMILES string of the molecule is C=CC(N)=O.C=CC(N)=O.S.S. The number of primary amides is 2. The Morgan fingerprint density at radius 2 is 1.00 bits per heavy atom. The van der Waals surface area contributed by atoms with Gasteiger partial charge in [0.05, 0.1) is 0 Å². The van der Waals surface area contributed by atoms with E-state index in [4.69, 9.17) is 0 Å². The molecule has 0 aliphatic heterocycles. The molecule has 4 N–H and O–H groups in total. The van der Waals surface area contributed by atoms with Crippen LogP contribution in [0.4, 0.5) is 0 Å². The topological polar surface area (TPSA) is 86.2 Å². The van der Waals surface area contributed by atoms with Gasteiger partial charge in [0.1, 0.15) is 0 Å². The van der Waals surface area contributed by atoms with Gasteiger partial charge in [-0.1, -0.05) is 13.2 Å². The van der Waals surface area contributed by atoms with Gasteiger partial charge >= 0.3 is 0 Å². The van der Waals surface area contributed by atoms with Crippen LogP contribution in [0.5, 0.6) is 0 Å². The summed E-state index contributed by atoms with van der Waals surface area (Å²) >= 11 is 0. The highest BCUT2D eigenvalue weighted by molar-refractivity contribution is 7.59. The fourth-order valence-corrected chi connectivity index (χ4v) is 0. The maximum absolute atomic E-state index is 9.47. The summed E-state index contributed by atoms with van der Waals surface area (Å²) in [6, 6.07) is 0. The second-order valence-electron chi connectivity index (χ2n) is 1.21. The van der Waals surface area contributed by atoms with Crippen LogP contribution in [-0.2, 0) is 9.59 Å². The minimum atomic E-state index is -0.481. The van der Waals surface area contributed by atoms with E-state index in [9.17, 15) is 9.59 Å².